The molecule has 7 aromatic rings. The van der Waals surface area contributed by atoms with Crippen LogP contribution in [0.1, 0.15) is 25.0 Å². The van der Waals surface area contributed by atoms with E-state index in [2.05, 4.69) is 147 Å². The number of nitrogens with zero attached hydrogens (tertiary/aromatic N) is 2. The molecule has 0 radical (unpaired) electrons. The molecule has 0 saturated carbocycles. The summed E-state index contributed by atoms with van der Waals surface area (Å²) in [6, 6.07) is 51.8. The average molecular weight is 583 g/mol. The largest absolute Gasteiger partial charge is 0.228 e. The molecule has 2 nitrogen and oxygen atoms in total. The lowest BCUT2D eigenvalue weighted by Gasteiger charge is -2.34. The molecular formula is C41H30N2S. The first-order chi connectivity index (χ1) is 21.5. The molecule has 0 fully saturated rings. The lowest BCUT2D eigenvalue weighted by molar-refractivity contribution is 0.607. The zero-order valence-electron chi connectivity index (χ0n) is 24.7. The molecule has 210 valence electrons. The van der Waals surface area contributed by atoms with E-state index in [-0.39, 0.29) is 5.41 Å². The summed E-state index contributed by atoms with van der Waals surface area (Å²) in [5, 5.41) is 1.05. The van der Waals surface area contributed by atoms with Gasteiger partial charge in [0.05, 0.1) is 11.2 Å². The first-order valence-corrected chi connectivity index (χ1v) is 15.8. The molecule has 44 heavy (non-hydrogen) atoms. The Morgan fingerprint density at radius 2 is 1.07 bits per heavy atom. The third kappa shape index (κ3) is 4.61. The highest BCUT2D eigenvalue weighted by Crippen LogP contribution is 2.49. The van der Waals surface area contributed by atoms with Crippen LogP contribution >= 0.6 is 11.8 Å². The first kappa shape index (κ1) is 26.6. The van der Waals surface area contributed by atoms with Crippen LogP contribution < -0.4 is 0 Å². The number of hydrogen-bond acceptors (Lipinski definition) is 3. The highest BCUT2D eigenvalue weighted by Gasteiger charge is 2.33. The number of hydrogen-bond donors (Lipinski definition) is 0. The molecule has 8 rings (SSSR count). The summed E-state index contributed by atoms with van der Waals surface area (Å²) in [4.78, 5) is 12.9. The molecule has 1 aliphatic rings. The number of rotatable bonds is 4. The monoisotopic (exact) mass is 582 g/mol. The van der Waals surface area contributed by atoms with Crippen LogP contribution in [0, 0.1) is 0 Å². The van der Waals surface area contributed by atoms with Gasteiger partial charge in [0.15, 0.2) is 5.82 Å². The second kappa shape index (κ2) is 10.6. The van der Waals surface area contributed by atoms with E-state index in [1.807, 2.05) is 23.9 Å². The summed E-state index contributed by atoms with van der Waals surface area (Å²) in [6.07, 6.45) is 0. The van der Waals surface area contributed by atoms with Gasteiger partial charge in [-0.15, -0.1) is 0 Å². The second-order valence-electron chi connectivity index (χ2n) is 11.9. The van der Waals surface area contributed by atoms with Crippen LogP contribution in [0.25, 0.3) is 55.8 Å². The second-order valence-corrected chi connectivity index (χ2v) is 13.0. The fraction of sp³-hybridized carbons (Fsp3) is 0.0732. The van der Waals surface area contributed by atoms with Gasteiger partial charge in [-0.25, -0.2) is 9.97 Å². The van der Waals surface area contributed by atoms with Crippen molar-refractivity contribution in [3.63, 3.8) is 0 Å². The van der Waals surface area contributed by atoms with E-state index in [0.29, 0.717) is 0 Å². The van der Waals surface area contributed by atoms with Crippen LogP contribution in [0.3, 0.4) is 0 Å². The van der Waals surface area contributed by atoms with Crippen LogP contribution in [0.2, 0.25) is 0 Å². The number of fused-ring (bicyclic) bond motifs is 3. The van der Waals surface area contributed by atoms with E-state index in [9.17, 15) is 0 Å². The minimum Gasteiger partial charge on any atom is -0.228 e. The SMILES string of the molecule is CC1(C)c2ccccc2Sc2ccc(-c3cccc(-c4nc(-c5ccc(-c6ccccc6)cc5)c5ccccc5n4)c3)cc21. The highest BCUT2D eigenvalue weighted by atomic mass is 32.2. The van der Waals surface area contributed by atoms with E-state index >= 15 is 0 Å². The molecule has 0 atom stereocenters. The maximum Gasteiger partial charge on any atom is 0.160 e. The Labute approximate surface area is 262 Å². The van der Waals surface area contributed by atoms with Crippen LogP contribution in [-0.4, -0.2) is 9.97 Å². The average Bonchev–Trinajstić information content (AvgIpc) is 3.08. The summed E-state index contributed by atoms with van der Waals surface area (Å²) in [7, 11) is 0. The number of benzene rings is 6. The van der Waals surface area contributed by atoms with Crippen LogP contribution in [0.5, 0.6) is 0 Å². The third-order valence-electron chi connectivity index (χ3n) is 8.76. The molecular weight excluding hydrogens is 553 g/mol. The van der Waals surface area contributed by atoms with Crippen molar-refractivity contribution >= 4 is 22.7 Å². The lowest BCUT2D eigenvalue weighted by atomic mass is 9.77. The van der Waals surface area contributed by atoms with Gasteiger partial charge in [-0.3, -0.25) is 0 Å². The third-order valence-corrected chi connectivity index (χ3v) is 9.91. The molecule has 0 spiro atoms. The summed E-state index contributed by atoms with van der Waals surface area (Å²) in [5.41, 5.74) is 11.4. The molecule has 2 heterocycles. The molecule has 3 heteroatoms. The Hall–Kier alpha value is -4.99. The van der Waals surface area contributed by atoms with Crippen molar-refractivity contribution in [2.24, 2.45) is 0 Å². The van der Waals surface area contributed by atoms with Gasteiger partial charge in [0.1, 0.15) is 0 Å². The van der Waals surface area contributed by atoms with Crippen molar-refractivity contribution in [1.82, 2.24) is 9.97 Å². The smallest absolute Gasteiger partial charge is 0.160 e. The van der Waals surface area contributed by atoms with Crippen molar-refractivity contribution in [2.75, 3.05) is 0 Å². The van der Waals surface area contributed by atoms with E-state index < -0.39 is 0 Å². The van der Waals surface area contributed by atoms with Crippen LogP contribution in [0.4, 0.5) is 0 Å². The van der Waals surface area contributed by atoms with E-state index in [1.165, 1.54) is 37.6 Å². The predicted molar refractivity (Wildman–Crippen MR) is 184 cm³/mol. The molecule has 0 unspecified atom stereocenters. The highest BCUT2D eigenvalue weighted by molar-refractivity contribution is 7.99. The minimum absolute atomic E-state index is 0.0722. The number of aromatic nitrogens is 2. The van der Waals surface area contributed by atoms with Crippen molar-refractivity contribution in [2.45, 2.75) is 29.1 Å². The van der Waals surface area contributed by atoms with Crippen LogP contribution in [0.15, 0.2) is 155 Å². The Morgan fingerprint density at radius 3 is 1.93 bits per heavy atom. The van der Waals surface area contributed by atoms with Gasteiger partial charge in [-0.1, -0.05) is 141 Å². The molecule has 0 aliphatic carbocycles. The maximum atomic E-state index is 5.18. The molecule has 0 N–H and O–H groups in total. The quantitative estimate of drug-likeness (QED) is 0.206. The van der Waals surface area contributed by atoms with Crippen molar-refractivity contribution in [1.29, 1.82) is 0 Å². The Bertz CT molecular complexity index is 2160. The zero-order valence-corrected chi connectivity index (χ0v) is 25.5. The van der Waals surface area contributed by atoms with Crippen LogP contribution in [-0.2, 0) is 5.41 Å². The van der Waals surface area contributed by atoms with Gasteiger partial charge in [-0.2, -0.15) is 0 Å². The van der Waals surface area contributed by atoms with Gasteiger partial charge in [0.2, 0.25) is 0 Å². The fourth-order valence-corrected chi connectivity index (χ4v) is 7.71. The summed E-state index contributed by atoms with van der Waals surface area (Å²) >= 11 is 1.87. The first-order valence-electron chi connectivity index (χ1n) is 15.0. The molecule has 1 aliphatic heterocycles. The molecule has 6 aromatic carbocycles. The predicted octanol–water partition coefficient (Wildman–Crippen LogP) is 11.1. The van der Waals surface area contributed by atoms with Crippen molar-refractivity contribution in [3.05, 3.63) is 157 Å². The zero-order chi connectivity index (χ0) is 29.7. The molecule has 0 saturated heterocycles. The topological polar surface area (TPSA) is 25.8 Å². The van der Waals surface area contributed by atoms with Gasteiger partial charge in [-0.05, 0) is 63.7 Å². The summed E-state index contributed by atoms with van der Waals surface area (Å²) < 4.78 is 0. The molecule has 0 bridgehead atoms. The van der Waals surface area contributed by atoms with Crippen molar-refractivity contribution in [3.8, 4) is 44.9 Å². The molecule has 1 aromatic heterocycles. The van der Waals surface area contributed by atoms with Gasteiger partial charge < -0.3 is 0 Å². The maximum absolute atomic E-state index is 5.18. The normalized spacial score (nSPS) is 13.3. The Balaban J connectivity index is 1.19. The van der Waals surface area contributed by atoms with E-state index in [4.69, 9.17) is 9.97 Å². The van der Waals surface area contributed by atoms with Gasteiger partial charge >= 0.3 is 0 Å². The summed E-state index contributed by atoms with van der Waals surface area (Å²) in [5.74, 6) is 0.732. The Morgan fingerprint density at radius 1 is 0.455 bits per heavy atom. The van der Waals surface area contributed by atoms with E-state index in [0.717, 1.165) is 39.1 Å². The van der Waals surface area contributed by atoms with Gasteiger partial charge in [0, 0.05) is 31.7 Å². The standard InChI is InChI=1S/C41H30N2S/c1-41(2)34-16-7-9-18-37(34)44-38-24-23-31(26-35(38)41)30-13-10-14-32(25-30)40-42-36-17-8-6-15-33(36)39(43-40)29-21-19-28(20-22-29)27-11-4-3-5-12-27/h3-26H,1-2H3. The fourth-order valence-electron chi connectivity index (χ4n) is 6.34. The lowest BCUT2D eigenvalue weighted by Crippen LogP contribution is -2.23. The van der Waals surface area contributed by atoms with E-state index in [1.54, 1.807) is 0 Å². The number of para-hydroxylation sites is 1. The minimum atomic E-state index is -0.0722. The van der Waals surface area contributed by atoms with Gasteiger partial charge in [0.25, 0.3) is 0 Å². The Kier molecular flexibility index (Phi) is 6.43. The molecule has 0 amide bonds. The van der Waals surface area contributed by atoms with Crippen molar-refractivity contribution < 1.29 is 0 Å². The summed E-state index contributed by atoms with van der Waals surface area (Å²) in [6.45, 7) is 4.67.